The van der Waals surface area contributed by atoms with Crippen molar-refractivity contribution in [1.29, 1.82) is 0 Å². The van der Waals surface area contributed by atoms with Crippen molar-refractivity contribution in [1.82, 2.24) is 14.9 Å². The number of ketones is 1. The Kier molecular flexibility index (Phi) is 5.18. The van der Waals surface area contributed by atoms with E-state index in [0.29, 0.717) is 43.4 Å². The molecule has 0 saturated carbocycles. The zero-order valence-electron chi connectivity index (χ0n) is 17.4. The van der Waals surface area contributed by atoms with Crippen molar-refractivity contribution in [3.05, 3.63) is 63.5 Å². The Labute approximate surface area is 196 Å². The number of rotatable bonds is 5. The van der Waals surface area contributed by atoms with Gasteiger partial charge in [0.1, 0.15) is 12.0 Å². The maximum Gasteiger partial charge on any atom is 0.337 e. The van der Waals surface area contributed by atoms with Gasteiger partial charge in [0.25, 0.3) is 5.91 Å². The van der Waals surface area contributed by atoms with E-state index >= 15 is 0 Å². The number of hydrogen-bond donors (Lipinski definition) is 2. The van der Waals surface area contributed by atoms with E-state index in [2.05, 4.69) is 31.2 Å². The number of methoxy groups -OCH3 is 1. The van der Waals surface area contributed by atoms with Gasteiger partial charge in [-0.25, -0.2) is 14.8 Å². The second kappa shape index (κ2) is 8.05. The minimum absolute atomic E-state index is 0.00265. The van der Waals surface area contributed by atoms with E-state index in [1.54, 1.807) is 18.2 Å². The molecule has 5 rings (SSSR count). The van der Waals surface area contributed by atoms with Gasteiger partial charge in [0, 0.05) is 27.5 Å². The van der Waals surface area contributed by atoms with Gasteiger partial charge in [-0.1, -0.05) is 24.3 Å². The van der Waals surface area contributed by atoms with Crippen LogP contribution in [0.4, 0.5) is 5.69 Å². The molecule has 2 N–H and O–H groups in total. The topological polar surface area (TPSA) is 122 Å². The standard InChI is InChI=1S/C23H17BrN4O5/c1-33-23(32)13-9-28(6-7-29)22(31)19(13)27-15-8-14(24)20-17-16(15)21(30)12-5-3-2-4-11(12)18(17)25-10-26-20/h2-5,8,10,27,29H,6-7,9H2,1H3. The van der Waals surface area contributed by atoms with Crippen LogP contribution >= 0.6 is 15.9 Å². The smallest absolute Gasteiger partial charge is 0.337 e. The van der Waals surface area contributed by atoms with E-state index < -0.39 is 11.9 Å². The van der Waals surface area contributed by atoms with Gasteiger partial charge in [-0.3, -0.25) is 9.59 Å². The lowest BCUT2D eigenvalue weighted by Gasteiger charge is -2.22. The molecule has 0 saturated heterocycles. The second-order valence-electron chi connectivity index (χ2n) is 7.52. The van der Waals surface area contributed by atoms with Gasteiger partial charge >= 0.3 is 5.97 Å². The number of esters is 1. The molecule has 1 aliphatic carbocycles. The van der Waals surface area contributed by atoms with E-state index in [0.717, 1.165) is 0 Å². The molecule has 0 radical (unpaired) electrons. The molecule has 33 heavy (non-hydrogen) atoms. The average molecular weight is 509 g/mol. The third-order valence-electron chi connectivity index (χ3n) is 5.73. The van der Waals surface area contributed by atoms with Gasteiger partial charge < -0.3 is 20.1 Å². The van der Waals surface area contributed by atoms with Crippen molar-refractivity contribution in [3.63, 3.8) is 0 Å². The Morgan fingerprint density at radius 2 is 2.00 bits per heavy atom. The fourth-order valence-corrected chi connectivity index (χ4v) is 4.78. The maximum atomic E-state index is 13.6. The number of halogens is 1. The Balaban J connectivity index is 1.73. The number of benzene rings is 2. The van der Waals surface area contributed by atoms with E-state index in [-0.39, 0.29) is 36.7 Å². The molecular weight excluding hydrogens is 492 g/mol. The number of β-amino-alcohol motifs (C(OH)–C–C–N with tert-alkyl or cyclic N) is 1. The first-order valence-electron chi connectivity index (χ1n) is 10.1. The predicted molar refractivity (Wildman–Crippen MR) is 122 cm³/mol. The molecule has 1 amide bonds. The molecule has 10 heteroatoms. The molecule has 0 atom stereocenters. The number of carbonyl (C=O) groups excluding carboxylic acids is 3. The van der Waals surface area contributed by atoms with Crippen LogP contribution < -0.4 is 5.32 Å². The molecule has 3 aromatic rings. The Hall–Kier alpha value is -3.63. The highest BCUT2D eigenvalue weighted by molar-refractivity contribution is 9.10. The molecule has 0 unspecified atom stereocenters. The normalized spacial score (nSPS) is 14.7. The third kappa shape index (κ3) is 3.21. The van der Waals surface area contributed by atoms with Gasteiger partial charge in [0.2, 0.25) is 0 Å². The number of nitrogens with one attached hydrogen (secondary N) is 1. The fourth-order valence-electron chi connectivity index (χ4n) is 4.25. The number of aromatic nitrogens is 2. The number of anilines is 1. The van der Waals surface area contributed by atoms with Crippen LogP contribution in [-0.2, 0) is 14.3 Å². The van der Waals surface area contributed by atoms with Crippen LogP contribution in [0.5, 0.6) is 0 Å². The fraction of sp³-hybridized carbons (Fsp3) is 0.174. The summed E-state index contributed by atoms with van der Waals surface area (Å²) in [5, 5.41) is 12.9. The van der Waals surface area contributed by atoms with Crippen molar-refractivity contribution >= 4 is 50.2 Å². The zero-order valence-corrected chi connectivity index (χ0v) is 19.0. The monoisotopic (exact) mass is 508 g/mol. The highest BCUT2D eigenvalue weighted by atomic mass is 79.9. The lowest BCUT2D eigenvalue weighted by molar-refractivity contribution is -0.136. The van der Waals surface area contributed by atoms with Crippen LogP contribution in [0.2, 0.25) is 0 Å². The van der Waals surface area contributed by atoms with Crippen molar-refractivity contribution in [2.24, 2.45) is 0 Å². The number of ether oxygens (including phenoxy) is 1. The van der Waals surface area contributed by atoms with E-state index in [4.69, 9.17) is 4.74 Å². The number of hydrogen-bond acceptors (Lipinski definition) is 8. The summed E-state index contributed by atoms with van der Waals surface area (Å²) in [4.78, 5) is 49.1. The Bertz CT molecular complexity index is 1400. The lowest BCUT2D eigenvalue weighted by Crippen LogP contribution is -2.31. The number of nitrogens with zero attached hydrogens (tertiary/aromatic N) is 3. The predicted octanol–water partition coefficient (Wildman–Crippen LogP) is 2.28. The van der Waals surface area contributed by atoms with E-state index in [1.807, 2.05) is 12.1 Å². The number of carbonyl (C=O) groups is 3. The molecule has 1 aromatic heterocycles. The first-order chi connectivity index (χ1) is 16.0. The molecule has 166 valence electrons. The summed E-state index contributed by atoms with van der Waals surface area (Å²) in [6.07, 6.45) is 1.44. The lowest BCUT2D eigenvalue weighted by atomic mass is 9.86. The number of amides is 1. The summed E-state index contributed by atoms with van der Waals surface area (Å²) in [7, 11) is 1.23. The average Bonchev–Trinajstić information content (AvgIpc) is 3.13. The molecule has 9 nitrogen and oxygen atoms in total. The van der Waals surface area contributed by atoms with E-state index in [9.17, 15) is 19.5 Å². The molecule has 2 aliphatic rings. The Morgan fingerprint density at radius 3 is 2.73 bits per heavy atom. The molecule has 2 aromatic carbocycles. The maximum absolute atomic E-state index is 13.6. The summed E-state index contributed by atoms with van der Waals surface area (Å²) >= 11 is 3.51. The molecule has 0 fully saturated rings. The quantitative estimate of drug-likeness (QED) is 0.393. The molecule has 2 heterocycles. The van der Waals surface area contributed by atoms with Crippen molar-refractivity contribution in [2.75, 3.05) is 32.1 Å². The molecule has 0 spiro atoms. The zero-order chi connectivity index (χ0) is 23.3. The van der Waals surface area contributed by atoms with Crippen LogP contribution in [-0.4, -0.2) is 64.4 Å². The summed E-state index contributed by atoms with van der Waals surface area (Å²) in [6.45, 7) is -0.205. The minimum Gasteiger partial charge on any atom is -0.466 e. The minimum atomic E-state index is -0.666. The van der Waals surface area contributed by atoms with Crippen molar-refractivity contribution in [3.8, 4) is 11.3 Å². The second-order valence-corrected chi connectivity index (χ2v) is 8.38. The molecule has 1 aliphatic heterocycles. The first kappa shape index (κ1) is 21.2. The van der Waals surface area contributed by atoms with Crippen molar-refractivity contribution in [2.45, 2.75) is 0 Å². The van der Waals surface area contributed by atoms with Gasteiger partial charge in [0.05, 0.1) is 48.3 Å². The van der Waals surface area contributed by atoms with Gasteiger partial charge in [-0.2, -0.15) is 0 Å². The summed E-state index contributed by atoms with van der Waals surface area (Å²) < 4.78 is 5.45. The number of aliphatic hydroxyl groups excluding tert-OH is 1. The van der Waals surface area contributed by atoms with Crippen LogP contribution in [0.15, 0.2) is 52.4 Å². The highest BCUT2D eigenvalue weighted by Crippen LogP contribution is 2.43. The summed E-state index contributed by atoms with van der Waals surface area (Å²) in [5.41, 5.74) is 3.12. The molecule has 0 bridgehead atoms. The Morgan fingerprint density at radius 1 is 1.24 bits per heavy atom. The number of fused-ring (bicyclic) bond motifs is 2. The van der Waals surface area contributed by atoms with Crippen molar-refractivity contribution < 1.29 is 24.2 Å². The van der Waals surface area contributed by atoms with Crippen LogP contribution in [0.1, 0.15) is 15.9 Å². The van der Waals surface area contributed by atoms with Gasteiger partial charge in [-0.15, -0.1) is 0 Å². The van der Waals surface area contributed by atoms with Gasteiger partial charge in [-0.05, 0) is 22.0 Å². The summed E-state index contributed by atoms with van der Waals surface area (Å²) in [6, 6.07) is 8.82. The first-order valence-corrected chi connectivity index (χ1v) is 10.9. The number of aliphatic hydroxyl groups is 1. The SMILES string of the molecule is COC(=O)C1=C(Nc2cc(Br)c3ncnc4c3c2C(=O)c2ccccc2-4)C(=O)N(CCO)C1. The van der Waals surface area contributed by atoms with E-state index in [1.165, 1.54) is 18.3 Å². The largest absolute Gasteiger partial charge is 0.466 e. The molecular formula is C23H17BrN4O5. The highest BCUT2D eigenvalue weighted by Gasteiger charge is 2.36. The third-order valence-corrected chi connectivity index (χ3v) is 6.34. The van der Waals surface area contributed by atoms with Crippen LogP contribution in [0, 0.1) is 0 Å². The van der Waals surface area contributed by atoms with Crippen LogP contribution in [0.3, 0.4) is 0 Å². The van der Waals surface area contributed by atoms with Gasteiger partial charge in [0.15, 0.2) is 5.78 Å². The summed E-state index contributed by atoms with van der Waals surface area (Å²) in [5.74, 6) is -1.38. The van der Waals surface area contributed by atoms with Crippen LogP contribution in [0.25, 0.3) is 22.2 Å².